The molecule has 12 rings (SSSR count). The molecule has 0 fully saturated rings. The van der Waals surface area contributed by atoms with Crippen LogP contribution in [0.5, 0.6) is 0 Å². The average molecular weight is 723 g/mol. The van der Waals surface area contributed by atoms with Crippen molar-refractivity contribution in [3.63, 3.8) is 0 Å². The lowest BCUT2D eigenvalue weighted by atomic mass is 9.66. The van der Waals surface area contributed by atoms with Crippen LogP contribution >= 0.6 is 0 Å². The summed E-state index contributed by atoms with van der Waals surface area (Å²) in [5.74, 6) is 0.487. The van der Waals surface area contributed by atoms with Gasteiger partial charge in [0.25, 0.3) is 0 Å². The van der Waals surface area contributed by atoms with Crippen LogP contribution in [0.15, 0.2) is 109 Å². The predicted molar refractivity (Wildman–Crippen MR) is 235 cm³/mol. The maximum atomic E-state index is 2.61. The number of fused-ring (bicyclic) bond motifs is 10. The van der Waals surface area contributed by atoms with Crippen LogP contribution in [0.1, 0.15) is 112 Å². The summed E-state index contributed by atoms with van der Waals surface area (Å²) in [4.78, 5) is 0. The fraction of sp³-hybridized carbons (Fsp3) is 0.222. The van der Waals surface area contributed by atoms with Gasteiger partial charge in [-0.15, -0.1) is 0 Å². The van der Waals surface area contributed by atoms with E-state index in [1.54, 1.807) is 0 Å². The van der Waals surface area contributed by atoms with Crippen molar-refractivity contribution in [1.82, 2.24) is 9.13 Å². The van der Waals surface area contributed by atoms with Gasteiger partial charge in [-0.05, 0) is 142 Å². The van der Waals surface area contributed by atoms with E-state index in [2.05, 4.69) is 186 Å². The first kappa shape index (κ1) is 32.4. The minimum atomic E-state index is -0.0531. The second-order valence-electron chi connectivity index (χ2n) is 18.2. The summed E-state index contributed by atoms with van der Waals surface area (Å²) in [6.07, 6.45) is 12.4. The third-order valence-corrected chi connectivity index (χ3v) is 14.9. The van der Waals surface area contributed by atoms with Crippen LogP contribution in [0.3, 0.4) is 0 Å². The molecule has 0 amide bonds. The molecule has 2 heteroatoms. The molecular formula is C54H46N2. The largest absolute Gasteiger partial charge is 0.317 e. The molecule has 2 aromatic heterocycles. The summed E-state index contributed by atoms with van der Waals surface area (Å²) in [5, 5.41) is 1.35. The molecule has 5 aromatic carbocycles. The van der Waals surface area contributed by atoms with Crippen molar-refractivity contribution in [3.05, 3.63) is 181 Å². The zero-order valence-electron chi connectivity index (χ0n) is 33.6. The minimum absolute atomic E-state index is 0.0486. The van der Waals surface area contributed by atoms with Crippen molar-refractivity contribution in [2.75, 3.05) is 0 Å². The van der Waals surface area contributed by atoms with Crippen molar-refractivity contribution in [1.29, 1.82) is 0 Å². The van der Waals surface area contributed by atoms with E-state index >= 15 is 0 Å². The van der Waals surface area contributed by atoms with Crippen molar-refractivity contribution >= 4 is 29.1 Å². The number of hydrogen-bond donors (Lipinski definition) is 0. The fourth-order valence-corrected chi connectivity index (χ4v) is 11.8. The first-order valence-electron chi connectivity index (χ1n) is 20.4. The van der Waals surface area contributed by atoms with Gasteiger partial charge in [-0.1, -0.05) is 113 Å². The van der Waals surface area contributed by atoms with E-state index in [4.69, 9.17) is 0 Å². The van der Waals surface area contributed by atoms with Gasteiger partial charge in [0, 0.05) is 62.1 Å². The Morgan fingerprint density at radius 3 is 1.75 bits per heavy atom. The van der Waals surface area contributed by atoms with Gasteiger partial charge in [0.2, 0.25) is 0 Å². The van der Waals surface area contributed by atoms with Crippen molar-refractivity contribution < 1.29 is 0 Å². The monoisotopic (exact) mass is 722 g/mol. The number of nitrogens with zero attached hydrogens (tertiary/aromatic N) is 2. The van der Waals surface area contributed by atoms with Crippen LogP contribution in [-0.4, -0.2) is 9.13 Å². The van der Waals surface area contributed by atoms with Gasteiger partial charge in [-0.3, -0.25) is 0 Å². The number of benzene rings is 5. The Morgan fingerprint density at radius 2 is 1.11 bits per heavy atom. The number of aryl methyl sites for hydroxylation is 1. The van der Waals surface area contributed by atoms with Crippen LogP contribution < -0.4 is 0 Å². The smallest absolute Gasteiger partial charge is 0.0609 e. The van der Waals surface area contributed by atoms with Crippen LogP contribution in [0.4, 0.5) is 0 Å². The first-order chi connectivity index (χ1) is 27.0. The molecule has 0 radical (unpaired) electrons. The predicted octanol–water partition coefficient (Wildman–Crippen LogP) is 13.6. The van der Waals surface area contributed by atoms with E-state index in [1.165, 1.54) is 123 Å². The van der Waals surface area contributed by atoms with E-state index in [-0.39, 0.29) is 22.7 Å². The maximum Gasteiger partial charge on any atom is 0.0609 e. The first-order valence-corrected chi connectivity index (χ1v) is 20.4. The molecule has 2 heterocycles. The lowest BCUT2D eigenvalue weighted by Gasteiger charge is -2.39. The normalized spacial score (nSPS) is 19.3. The second-order valence-corrected chi connectivity index (χ2v) is 18.2. The van der Waals surface area contributed by atoms with E-state index in [0.29, 0.717) is 0 Å². The number of rotatable bonds is 2. The van der Waals surface area contributed by atoms with E-state index in [9.17, 15) is 0 Å². The fourth-order valence-electron chi connectivity index (χ4n) is 11.8. The molecule has 5 aliphatic carbocycles. The van der Waals surface area contributed by atoms with Gasteiger partial charge in [-0.25, -0.2) is 0 Å². The molecule has 7 aromatic rings. The summed E-state index contributed by atoms with van der Waals surface area (Å²) in [5.41, 5.74) is 28.8. The van der Waals surface area contributed by atoms with Crippen LogP contribution in [0.2, 0.25) is 0 Å². The molecule has 0 spiro atoms. The molecule has 0 saturated carbocycles. The number of allylic oxidation sites excluding steroid dienone is 3. The lowest BCUT2D eigenvalue weighted by Crippen LogP contribution is -2.24. The van der Waals surface area contributed by atoms with E-state index in [0.717, 1.165) is 0 Å². The lowest BCUT2D eigenvalue weighted by molar-refractivity contribution is 0.652. The minimum Gasteiger partial charge on any atom is -0.317 e. The molecular weight excluding hydrogens is 677 g/mol. The topological polar surface area (TPSA) is 9.86 Å². The highest BCUT2D eigenvalue weighted by atomic mass is 15.0. The van der Waals surface area contributed by atoms with Gasteiger partial charge >= 0.3 is 0 Å². The molecule has 5 aliphatic rings. The quantitative estimate of drug-likeness (QED) is 0.168. The van der Waals surface area contributed by atoms with E-state index in [1.807, 2.05) is 0 Å². The van der Waals surface area contributed by atoms with Crippen LogP contribution in [-0.2, 0) is 10.8 Å². The van der Waals surface area contributed by atoms with Gasteiger partial charge in [0.05, 0.1) is 5.52 Å². The summed E-state index contributed by atoms with van der Waals surface area (Å²) in [6.45, 7) is 18.8. The zero-order chi connectivity index (χ0) is 38.2. The molecule has 0 N–H and O–H groups in total. The van der Waals surface area contributed by atoms with Gasteiger partial charge < -0.3 is 9.13 Å². The standard InChI is InChI=1S/C54H46N2/c1-29-31(3)55(35-19-23-39-37-13-9-11-15-45(37)53(5,6)47(39)27-35)51-41-21-18-34-26-44-30(2)32(4)56(52(44)42-22-17-33(25-43(29)51)49(41)50(34)42)36-20-24-40-38-14-10-12-16-46(38)54(7,8)48(40)28-36/h9-28,41,49H,1-8H3. The third kappa shape index (κ3) is 3.78. The molecule has 272 valence electrons. The van der Waals surface area contributed by atoms with Crippen molar-refractivity contribution in [3.8, 4) is 33.6 Å². The zero-order valence-corrected chi connectivity index (χ0v) is 33.6. The Balaban J connectivity index is 1.04. The van der Waals surface area contributed by atoms with Gasteiger partial charge in [-0.2, -0.15) is 0 Å². The summed E-state index contributed by atoms with van der Waals surface area (Å²) < 4.78 is 5.18. The average Bonchev–Trinajstić information content (AvgIpc) is 3.80. The molecule has 2 unspecified atom stereocenters. The van der Waals surface area contributed by atoms with Crippen LogP contribution in [0.25, 0.3) is 62.8 Å². The summed E-state index contributed by atoms with van der Waals surface area (Å²) in [7, 11) is 0. The highest BCUT2D eigenvalue weighted by Gasteiger charge is 2.42. The molecule has 0 saturated heterocycles. The summed E-state index contributed by atoms with van der Waals surface area (Å²) >= 11 is 0. The molecule has 0 aliphatic heterocycles. The van der Waals surface area contributed by atoms with Gasteiger partial charge in [0.15, 0.2) is 0 Å². The summed E-state index contributed by atoms with van der Waals surface area (Å²) in [6, 6.07) is 34.9. The second kappa shape index (κ2) is 10.5. The Kier molecular flexibility index (Phi) is 6.07. The van der Waals surface area contributed by atoms with Crippen molar-refractivity contribution in [2.45, 2.75) is 78.1 Å². The SMILES string of the molecule is Cc1c2c(n(-c3ccc4c(c3)C(C)(C)c3ccccc3-4)c1C)C1C=Cc3cc4c(C)c(C)n(-c5ccc6c(c5)C(C)(C)c5ccccc5-6)c4c4c3C1C(=C2)C=C4. The van der Waals surface area contributed by atoms with Gasteiger partial charge in [0.1, 0.15) is 0 Å². The Bertz CT molecular complexity index is 3070. The van der Waals surface area contributed by atoms with E-state index < -0.39 is 0 Å². The van der Waals surface area contributed by atoms with Crippen molar-refractivity contribution in [2.24, 2.45) is 0 Å². The van der Waals surface area contributed by atoms with Crippen LogP contribution in [0, 0.1) is 27.7 Å². The number of hydrogen-bond acceptors (Lipinski definition) is 0. The number of aromatic nitrogens is 2. The third-order valence-electron chi connectivity index (χ3n) is 14.9. The molecule has 56 heavy (non-hydrogen) atoms. The highest BCUT2D eigenvalue weighted by Crippen LogP contribution is 2.57. The highest BCUT2D eigenvalue weighted by molar-refractivity contribution is 6.00. The molecule has 2 nitrogen and oxygen atoms in total. The Morgan fingerprint density at radius 1 is 0.536 bits per heavy atom. The Hall–Kier alpha value is -5.86. The Labute approximate surface area is 330 Å². The molecule has 2 atom stereocenters. The molecule has 0 bridgehead atoms. The maximum absolute atomic E-state index is 2.61.